The molecule has 2 aliphatic carbocycles. The molecule has 0 amide bonds. The zero-order chi connectivity index (χ0) is 24.7. The number of phenols is 1. The summed E-state index contributed by atoms with van der Waals surface area (Å²) in [5.74, 6) is 1.19. The first-order chi connectivity index (χ1) is 16.8. The number of hydrogen-bond donors (Lipinski definition) is 2. The second kappa shape index (κ2) is 9.17. The van der Waals surface area contributed by atoms with Crippen molar-refractivity contribution in [2.75, 3.05) is 13.6 Å². The summed E-state index contributed by atoms with van der Waals surface area (Å²) < 4.78 is 35.1. The Morgan fingerprint density at radius 2 is 1.83 bits per heavy atom. The third-order valence-electron chi connectivity index (χ3n) is 7.66. The summed E-state index contributed by atoms with van der Waals surface area (Å²) in [6.45, 7) is -2.66. The van der Waals surface area contributed by atoms with Crippen LogP contribution >= 0.6 is 0 Å². The SMILES string of the molecule is CN1CC[C@]23c4c5ccc(O)c4O[C@H]2[C@@H](O)C=C[C@H]3[C@H]1C5.FC(F)F.c1ccc2ncccc2c1. The molecule has 0 unspecified atom stereocenters. The van der Waals surface area contributed by atoms with Crippen molar-refractivity contribution < 1.29 is 28.1 Å². The largest absolute Gasteiger partial charge is 0.504 e. The monoisotopic (exact) mass is 484 g/mol. The van der Waals surface area contributed by atoms with Gasteiger partial charge in [0.15, 0.2) is 11.5 Å². The Labute approximate surface area is 201 Å². The summed E-state index contributed by atoms with van der Waals surface area (Å²) in [5, 5.41) is 21.8. The van der Waals surface area contributed by atoms with Crippen molar-refractivity contribution in [2.24, 2.45) is 5.92 Å². The van der Waals surface area contributed by atoms with E-state index in [4.69, 9.17) is 4.74 Å². The van der Waals surface area contributed by atoms with Gasteiger partial charge < -0.3 is 19.8 Å². The molecule has 5 atom stereocenters. The maximum Gasteiger partial charge on any atom is 0.379 e. The minimum absolute atomic E-state index is 0.160. The summed E-state index contributed by atoms with van der Waals surface area (Å²) in [7, 11) is 2.19. The molecule has 5 nitrogen and oxygen atoms in total. The lowest BCUT2D eigenvalue weighted by Crippen LogP contribution is -2.64. The average molecular weight is 485 g/mol. The van der Waals surface area contributed by atoms with Crippen LogP contribution in [0.2, 0.25) is 0 Å². The molecular formula is C27H27F3N2O3. The Balaban J connectivity index is 0.000000151. The summed E-state index contributed by atoms with van der Waals surface area (Å²) >= 11 is 0. The molecule has 2 aromatic carbocycles. The molecule has 8 heteroatoms. The van der Waals surface area contributed by atoms with Gasteiger partial charge >= 0.3 is 6.68 Å². The number of hydrogen-bond acceptors (Lipinski definition) is 5. The number of para-hydroxylation sites is 1. The van der Waals surface area contributed by atoms with Crippen molar-refractivity contribution in [1.29, 1.82) is 0 Å². The number of aliphatic hydroxyl groups is 1. The third-order valence-corrected chi connectivity index (χ3v) is 7.66. The number of benzene rings is 2. The van der Waals surface area contributed by atoms with E-state index in [2.05, 4.69) is 35.1 Å². The number of piperidine rings is 1. The summed E-state index contributed by atoms with van der Waals surface area (Å²) in [6.07, 6.45) is 6.99. The van der Waals surface area contributed by atoms with Crippen molar-refractivity contribution in [3.8, 4) is 11.5 Å². The Hall–Kier alpha value is -3.10. The van der Waals surface area contributed by atoms with Gasteiger partial charge in [0.2, 0.25) is 0 Å². The number of phenolic OH excluding ortho intramolecular Hbond substituents is 1. The lowest BCUT2D eigenvalue weighted by atomic mass is 9.53. The van der Waals surface area contributed by atoms with Gasteiger partial charge in [-0.05, 0) is 50.2 Å². The van der Waals surface area contributed by atoms with E-state index in [1.807, 2.05) is 42.6 Å². The Bertz CT molecular complexity index is 1190. The highest BCUT2D eigenvalue weighted by Crippen LogP contribution is 2.62. The first-order valence-electron chi connectivity index (χ1n) is 11.6. The van der Waals surface area contributed by atoms with Crippen LogP contribution in [0.15, 0.2) is 66.9 Å². The number of fused-ring (bicyclic) bond motifs is 1. The fraction of sp³-hybridized carbons (Fsp3) is 0.370. The molecule has 1 saturated heterocycles. The number of ether oxygens (including phenoxy) is 1. The normalized spacial score (nSPS) is 29.4. The fourth-order valence-corrected chi connectivity index (χ4v) is 6.25. The molecule has 2 aliphatic heterocycles. The van der Waals surface area contributed by atoms with Crippen molar-refractivity contribution in [3.05, 3.63) is 78.0 Å². The smallest absolute Gasteiger partial charge is 0.379 e. The Morgan fingerprint density at radius 3 is 2.60 bits per heavy atom. The summed E-state index contributed by atoms with van der Waals surface area (Å²) in [6, 6.07) is 16.3. The molecule has 3 aromatic rings. The highest BCUT2D eigenvalue weighted by Gasteiger charge is 2.64. The van der Waals surface area contributed by atoms with Crippen LogP contribution in [0.3, 0.4) is 0 Å². The number of nitrogens with zero attached hydrogens (tertiary/aromatic N) is 2. The predicted octanol–water partition coefficient (Wildman–Crippen LogP) is 4.61. The van der Waals surface area contributed by atoms with Crippen molar-refractivity contribution in [2.45, 2.75) is 43.2 Å². The lowest BCUT2D eigenvalue weighted by Gasteiger charge is -2.56. The van der Waals surface area contributed by atoms with E-state index < -0.39 is 12.8 Å². The molecule has 2 N–H and O–H groups in total. The minimum Gasteiger partial charge on any atom is -0.504 e. The van der Waals surface area contributed by atoms with E-state index in [-0.39, 0.29) is 17.3 Å². The van der Waals surface area contributed by atoms with E-state index >= 15 is 0 Å². The van der Waals surface area contributed by atoms with Gasteiger partial charge in [-0.3, -0.25) is 4.98 Å². The molecule has 7 rings (SSSR count). The van der Waals surface area contributed by atoms with E-state index in [1.165, 1.54) is 16.5 Å². The number of alkyl halides is 3. The highest BCUT2D eigenvalue weighted by molar-refractivity contribution is 5.77. The molecule has 2 bridgehead atoms. The summed E-state index contributed by atoms with van der Waals surface area (Å²) in [4.78, 5) is 6.61. The maximum atomic E-state index is 10.4. The van der Waals surface area contributed by atoms with Crippen LogP contribution < -0.4 is 4.74 Å². The lowest BCUT2D eigenvalue weighted by molar-refractivity contribution is -0.0453. The zero-order valence-corrected chi connectivity index (χ0v) is 19.2. The van der Waals surface area contributed by atoms with Gasteiger partial charge in [-0.15, -0.1) is 0 Å². The van der Waals surface area contributed by atoms with Gasteiger partial charge in [-0.25, -0.2) is 0 Å². The molecule has 0 saturated carbocycles. The molecule has 4 aliphatic rings. The predicted molar refractivity (Wildman–Crippen MR) is 126 cm³/mol. The van der Waals surface area contributed by atoms with Crippen LogP contribution in [0.25, 0.3) is 10.9 Å². The molecule has 1 fully saturated rings. The van der Waals surface area contributed by atoms with Crippen molar-refractivity contribution in [3.63, 3.8) is 0 Å². The Morgan fingerprint density at radius 1 is 1.09 bits per heavy atom. The zero-order valence-electron chi connectivity index (χ0n) is 19.2. The van der Waals surface area contributed by atoms with Crippen LogP contribution in [0.4, 0.5) is 13.2 Å². The minimum atomic E-state index is -3.67. The van der Waals surface area contributed by atoms with Gasteiger partial charge in [-0.2, -0.15) is 13.2 Å². The number of rotatable bonds is 0. The van der Waals surface area contributed by atoms with E-state index in [9.17, 15) is 23.4 Å². The molecule has 184 valence electrons. The summed E-state index contributed by atoms with van der Waals surface area (Å²) in [5.41, 5.74) is 3.35. The standard InChI is InChI=1S/C17H19NO3.C9H7N.CHF3/c1-18-7-6-17-10-3-5-13(20)16(17)21-15-12(19)4-2-9(14(15)17)8-11(10)18;1-2-6-9-8(4-1)5-3-7-10-9;2-1(3)4/h2-5,10-11,13,16,19-20H,6-8H2,1H3;1-7H;1H/t10-,11+,13-,16-,17-;;/m0../s1. The number of likely N-dealkylation sites (N-methyl/N-ethyl adjacent to an activating group) is 1. The number of halogens is 3. The quantitative estimate of drug-likeness (QED) is 0.456. The number of aromatic nitrogens is 1. The fourth-order valence-electron chi connectivity index (χ4n) is 6.25. The first kappa shape index (κ1) is 23.6. The van der Waals surface area contributed by atoms with Crippen molar-refractivity contribution in [1.82, 2.24) is 9.88 Å². The number of aromatic hydroxyl groups is 1. The highest BCUT2D eigenvalue weighted by atomic mass is 19.4. The van der Waals surface area contributed by atoms with E-state index in [0.717, 1.165) is 24.9 Å². The molecule has 0 radical (unpaired) electrons. The Kier molecular flexibility index (Phi) is 6.19. The van der Waals surface area contributed by atoms with Crippen LogP contribution in [0, 0.1) is 5.92 Å². The van der Waals surface area contributed by atoms with Crippen LogP contribution in [0.1, 0.15) is 17.5 Å². The van der Waals surface area contributed by atoms with Crippen LogP contribution in [-0.4, -0.2) is 58.6 Å². The topological polar surface area (TPSA) is 65.8 Å². The van der Waals surface area contributed by atoms with Gasteiger partial charge in [0.05, 0.1) is 5.52 Å². The average Bonchev–Trinajstić information content (AvgIpc) is 3.20. The number of pyridine rings is 1. The second-order valence-corrected chi connectivity index (χ2v) is 9.37. The van der Waals surface area contributed by atoms with Gasteiger partial charge in [0.25, 0.3) is 0 Å². The van der Waals surface area contributed by atoms with E-state index in [1.54, 1.807) is 6.07 Å². The molecule has 1 aromatic heterocycles. The first-order valence-corrected chi connectivity index (χ1v) is 11.6. The van der Waals surface area contributed by atoms with Crippen molar-refractivity contribution >= 4 is 10.9 Å². The van der Waals surface area contributed by atoms with Gasteiger partial charge in [0.1, 0.15) is 12.2 Å². The number of aliphatic hydroxyl groups excluding tert-OH is 1. The number of likely N-dealkylation sites (tertiary alicyclic amines) is 1. The van der Waals surface area contributed by atoms with Gasteiger partial charge in [-0.1, -0.05) is 42.5 Å². The third kappa shape index (κ3) is 3.94. The van der Waals surface area contributed by atoms with Crippen LogP contribution in [0.5, 0.6) is 11.5 Å². The second-order valence-electron chi connectivity index (χ2n) is 9.37. The molecule has 3 heterocycles. The van der Waals surface area contributed by atoms with Gasteiger partial charge in [0, 0.05) is 34.5 Å². The molecular weight excluding hydrogens is 457 g/mol. The molecule has 1 spiro atoms. The van der Waals surface area contributed by atoms with Crippen LogP contribution in [-0.2, 0) is 11.8 Å². The van der Waals surface area contributed by atoms with E-state index in [0.29, 0.717) is 17.7 Å². The maximum absolute atomic E-state index is 10.4. The molecule has 35 heavy (non-hydrogen) atoms.